The van der Waals surface area contributed by atoms with E-state index in [1.807, 2.05) is 37.3 Å². The van der Waals surface area contributed by atoms with Gasteiger partial charge in [-0.1, -0.05) is 51.1 Å². The van der Waals surface area contributed by atoms with Gasteiger partial charge in [0.05, 0.1) is 24.4 Å². The lowest BCUT2D eigenvalue weighted by Gasteiger charge is -2.44. The molecule has 154 valence electrons. The standard InChI is InChI=1S/C22H30O6/c1-15(2)18(24)27-19-21(3,14-16-8-6-5-7-9-16)20(25-4)26-13-10-17(23)28-22(19)11-12-22/h5-9,15,19-20H,10-14H2,1-4H3. The Morgan fingerprint density at radius 3 is 2.50 bits per heavy atom. The smallest absolute Gasteiger partial charge is 0.308 e. The van der Waals surface area contributed by atoms with Gasteiger partial charge in [-0.2, -0.15) is 0 Å². The minimum Gasteiger partial charge on any atom is -0.457 e. The average molecular weight is 390 g/mol. The van der Waals surface area contributed by atoms with E-state index in [4.69, 9.17) is 18.9 Å². The fraction of sp³-hybridized carbons (Fsp3) is 0.636. The highest BCUT2D eigenvalue weighted by Gasteiger charge is 2.64. The van der Waals surface area contributed by atoms with Crippen LogP contribution >= 0.6 is 0 Å². The molecule has 1 saturated heterocycles. The van der Waals surface area contributed by atoms with E-state index in [1.165, 1.54) is 0 Å². The molecule has 3 unspecified atom stereocenters. The molecule has 1 aromatic rings. The second kappa shape index (κ2) is 8.21. The average Bonchev–Trinajstić information content (AvgIpc) is 3.42. The molecule has 0 aromatic heterocycles. The minimum absolute atomic E-state index is 0.147. The highest BCUT2D eigenvalue weighted by Crippen LogP contribution is 2.53. The molecule has 0 radical (unpaired) electrons. The normalized spacial score (nSPS) is 29.5. The van der Waals surface area contributed by atoms with Crippen LogP contribution in [0.4, 0.5) is 0 Å². The summed E-state index contributed by atoms with van der Waals surface area (Å²) in [5, 5.41) is 0. The third kappa shape index (κ3) is 4.23. The number of methoxy groups -OCH3 is 1. The van der Waals surface area contributed by atoms with Crippen molar-refractivity contribution in [1.29, 1.82) is 0 Å². The summed E-state index contributed by atoms with van der Waals surface area (Å²) in [6.07, 6.45) is 0.715. The van der Waals surface area contributed by atoms with Gasteiger partial charge < -0.3 is 18.9 Å². The lowest BCUT2D eigenvalue weighted by atomic mass is 9.74. The van der Waals surface area contributed by atoms with Gasteiger partial charge in [0, 0.05) is 7.11 Å². The Bertz CT molecular complexity index is 696. The summed E-state index contributed by atoms with van der Waals surface area (Å²) in [4.78, 5) is 24.9. The number of benzene rings is 1. The number of hydrogen-bond donors (Lipinski definition) is 0. The van der Waals surface area contributed by atoms with E-state index >= 15 is 0 Å². The van der Waals surface area contributed by atoms with E-state index in [0.717, 1.165) is 5.56 Å². The molecule has 3 atom stereocenters. The van der Waals surface area contributed by atoms with E-state index in [2.05, 4.69) is 0 Å². The topological polar surface area (TPSA) is 71.1 Å². The van der Waals surface area contributed by atoms with Crippen molar-refractivity contribution in [2.45, 2.75) is 64.4 Å². The Morgan fingerprint density at radius 1 is 1.25 bits per heavy atom. The molecule has 1 aliphatic heterocycles. The summed E-state index contributed by atoms with van der Waals surface area (Å²) < 4.78 is 23.5. The second-order valence-electron chi connectivity index (χ2n) is 8.37. The minimum atomic E-state index is -0.810. The number of rotatable bonds is 5. The van der Waals surface area contributed by atoms with Crippen LogP contribution in [0.5, 0.6) is 0 Å². The zero-order valence-electron chi connectivity index (χ0n) is 17.1. The number of esters is 2. The largest absolute Gasteiger partial charge is 0.457 e. The molecule has 1 spiro atoms. The Labute approximate surface area is 166 Å². The second-order valence-corrected chi connectivity index (χ2v) is 8.37. The van der Waals surface area contributed by atoms with Gasteiger partial charge in [-0.05, 0) is 24.8 Å². The van der Waals surface area contributed by atoms with Crippen LogP contribution in [0, 0.1) is 11.3 Å². The summed E-state index contributed by atoms with van der Waals surface area (Å²) in [6, 6.07) is 9.95. The molecule has 0 N–H and O–H groups in total. The van der Waals surface area contributed by atoms with Crippen LogP contribution in [-0.4, -0.2) is 43.7 Å². The molecule has 3 rings (SSSR count). The van der Waals surface area contributed by atoms with Gasteiger partial charge in [0.2, 0.25) is 0 Å². The van der Waals surface area contributed by atoms with Crippen molar-refractivity contribution in [2.75, 3.05) is 13.7 Å². The fourth-order valence-corrected chi connectivity index (χ4v) is 4.03. The molecule has 1 aromatic carbocycles. The summed E-state index contributed by atoms with van der Waals surface area (Å²) in [5.74, 6) is -0.940. The van der Waals surface area contributed by atoms with E-state index in [0.29, 0.717) is 19.3 Å². The zero-order chi connectivity index (χ0) is 20.4. The lowest BCUT2D eigenvalue weighted by Crippen LogP contribution is -2.55. The first-order valence-corrected chi connectivity index (χ1v) is 9.91. The number of carbonyl (C=O) groups excluding carboxylic acids is 2. The van der Waals surface area contributed by atoms with Crippen molar-refractivity contribution < 1.29 is 28.5 Å². The predicted octanol–water partition coefficient (Wildman–Crippen LogP) is 3.27. The molecule has 6 nitrogen and oxygen atoms in total. The number of carbonyl (C=O) groups is 2. The maximum Gasteiger partial charge on any atom is 0.308 e. The zero-order valence-corrected chi connectivity index (χ0v) is 17.1. The van der Waals surface area contributed by atoms with Gasteiger partial charge in [0.15, 0.2) is 12.4 Å². The first-order chi connectivity index (χ1) is 13.3. The fourth-order valence-electron chi connectivity index (χ4n) is 4.03. The van der Waals surface area contributed by atoms with E-state index < -0.39 is 23.4 Å². The first-order valence-electron chi connectivity index (χ1n) is 9.91. The van der Waals surface area contributed by atoms with Gasteiger partial charge in [-0.25, -0.2) is 0 Å². The SMILES string of the molecule is COC1OCCC(=O)OC2(CC2)C(OC(=O)C(C)C)C1(C)Cc1ccccc1. The molecular formula is C22H30O6. The van der Waals surface area contributed by atoms with Crippen molar-refractivity contribution in [2.24, 2.45) is 11.3 Å². The summed E-state index contributed by atoms with van der Waals surface area (Å²) in [6.45, 7) is 5.78. The van der Waals surface area contributed by atoms with Crippen molar-refractivity contribution in [3.63, 3.8) is 0 Å². The van der Waals surface area contributed by atoms with Gasteiger partial charge in [0.1, 0.15) is 5.60 Å². The van der Waals surface area contributed by atoms with Crippen LogP contribution in [0.3, 0.4) is 0 Å². The molecule has 0 bridgehead atoms. The van der Waals surface area contributed by atoms with Crippen molar-refractivity contribution in [3.05, 3.63) is 35.9 Å². The maximum atomic E-state index is 12.6. The van der Waals surface area contributed by atoms with Crippen LogP contribution in [0.15, 0.2) is 30.3 Å². The Balaban J connectivity index is 2.05. The van der Waals surface area contributed by atoms with Gasteiger partial charge >= 0.3 is 11.9 Å². The van der Waals surface area contributed by atoms with Crippen LogP contribution in [0.25, 0.3) is 0 Å². The molecule has 2 fully saturated rings. The van der Waals surface area contributed by atoms with Crippen LogP contribution < -0.4 is 0 Å². The first kappa shape index (κ1) is 20.8. The molecule has 1 saturated carbocycles. The Hall–Kier alpha value is -1.92. The van der Waals surface area contributed by atoms with Gasteiger partial charge in [-0.15, -0.1) is 0 Å². The third-order valence-electron chi connectivity index (χ3n) is 5.60. The summed E-state index contributed by atoms with van der Waals surface area (Å²) in [7, 11) is 1.58. The monoisotopic (exact) mass is 390 g/mol. The van der Waals surface area contributed by atoms with Crippen LogP contribution in [0.1, 0.15) is 45.6 Å². The summed E-state index contributed by atoms with van der Waals surface area (Å²) in [5.41, 5.74) is -0.472. The molecular weight excluding hydrogens is 360 g/mol. The highest BCUT2D eigenvalue weighted by molar-refractivity contribution is 5.73. The number of hydrogen-bond acceptors (Lipinski definition) is 6. The van der Waals surface area contributed by atoms with Gasteiger partial charge in [0.25, 0.3) is 0 Å². The molecule has 2 aliphatic rings. The molecule has 6 heteroatoms. The lowest BCUT2D eigenvalue weighted by molar-refractivity contribution is -0.238. The Morgan fingerprint density at radius 2 is 1.93 bits per heavy atom. The molecule has 0 amide bonds. The highest BCUT2D eigenvalue weighted by atomic mass is 16.7. The Kier molecular flexibility index (Phi) is 6.10. The van der Waals surface area contributed by atoms with Gasteiger partial charge in [-0.3, -0.25) is 9.59 Å². The maximum absolute atomic E-state index is 12.6. The molecule has 1 heterocycles. The van der Waals surface area contributed by atoms with E-state index in [1.54, 1.807) is 21.0 Å². The third-order valence-corrected chi connectivity index (χ3v) is 5.60. The van der Waals surface area contributed by atoms with E-state index in [-0.39, 0.29) is 30.9 Å². The van der Waals surface area contributed by atoms with Crippen molar-refractivity contribution >= 4 is 11.9 Å². The molecule has 28 heavy (non-hydrogen) atoms. The summed E-state index contributed by atoms with van der Waals surface area (Å²) >= 11 is 0. The quantitative estimate of drug-likeness (QED) is 0.719. The van der Waals surface area contributed by atoms with Crippen molar-refractivity contribution in [1.82, 2.24) is 0 Å². The van der Waals surface area contributed by atoms with Crippen molar-refractivity contribution in [3.8, 4) is 0 Å². The predicted molar refractivity (Wildman–Crippen MR) is 102 cm³/mol. The van der Waals surface area contributed by atoms with E-state index in [9.17, 15) is 9.59 Å². The number of ether oxygens (including phenoxy) is 4. The molecule has 1 aliphatic carbocycles. The van der Waals surface area contributed by atoms with Crippen LogP contribution in [0.2, 0.25) is 0 Å². The van der Waals surface area contributed by atoms with Crippen LogP contribution in [-0.2, 0) is 35.0 Å².